The Morgan fingerprint density at radius 3 is 2.85 bits per heavy atom. The smallest absolute Gasteiger partial charge is 0.215 e. The topological polar surface area (TPSA) is 66.5 Å². The molecule has 3 heterocycles. The second-order valence-electron chi connectivity index (χ2n) is 7.80. The first-order valence-electron chi connectivity index (χ1n) is 8.97. The van der Waals surface area contributed by atoms with Gasteiger partial charge in [0.2, 0.25) is 5.95 Å². The van der Waals surface area contributed by atoms with Gasteiger partial charge in [0, 0.05) is 35.6 Å². The van der Waals surface area contributed by atoms with Gasteiger partial charge in [-0.15, -0.1) is 0 Å². The van der Waals surface area contributed by atoms with Gasteiger partial charge in [0.05, 0.1) is 11.9 Å². The van der Waals surface area contributed by atoms with Crippen LogP contribution in [0.15, 0.2) is 30.6 Å². The fourth-order valence-corrected chi connectivity index (χ4v) is 3.56. The molecular formula is C20H21F2N5. The summed E-state index contributed by atoms with van der Waals surface area (Å²) in [5, 5.41) is 10.6. The van der Waals surface area contributed by atoms with Gasteiger partial charge in [-0.25, -0.2) is 9.37 Å². The molecule has 0 spiro atoms. The Hall–Kier alpha value is -2.83. The molecule has 0 aliphatic heterocycles. The van der Waals surface area contributed by atoms with Crippen molar-refractivity contribution >= 4 is 5.82 Å². The van der Waals surface area contributed by atoms with E-state index in [4.69, 9.17) is 0 Å². The predicted octanol–water partition coefficient (Wildman–Crippen LogP) is 4.27. The first-order valence-corrected chi connectivity index (χ1v) is 8.97. The third-order valence-electron chi connectivity index (χ3n) is 4.96. The summed E-state index contributed by atoms with van der Waals surface area (Å²) in [6.45, 7) is 4.78. The molecule has 1 aliphatic rings. The summed E-state index contributed by atoms with van der Waals surface area (Å²) < 4.78 is 27.3. The van der Waals surface area contributed by atoms with Gasteiger partial charge in [-0.05, 0) is 42.4 Å². The number of anilines is 1. The Labute approximate surface area is 156 Å². The summed E-state index contributed by atoms with van der Waals surface area (Å²) in [6.07, 6.45) is 5.61. The molecule has 0 atom stereocenters. The van der Waals surface area contributed by atoms with Crippen LogP contribution in [0.2, 0.25) is 0 Å². The summed E-state index contributed by atoms with van der Waals surface area (Å²) in [5.74, 6) is -0.615. The third-order valence-corrected chi connectivity index (χ3v) is 4.96. The van der Waals surface area contributed by atoms with Gasteiger partial charge < -0.3 is 5.32 Å². The number of fused-ring (bicyclic) bond motifs is 1. The lowest BCUT2D eigenvalue weighted by molar-refractivity contribution is 0.312. The van der Waals surface area contributed by atoms with Crippen molar-refractivity contribution in [2.45, 2.75) is 39.7 Å². The van der Waals surface area contributed by atoms with Gasteiger partial charge in [0.15, 0.2) is 0 Å². The molecule has 5 nitrogen and oxygen atoms in total. The van der Waals surface area contributed by atoms with E-state index in [2.05, 4.69) is 39.3 Å². The van der Waals surface area contributed by atoms with Gasteiger partial charge in [0.1, 0.15) is 11.6 Å². The molecule has 0 bridgehead atoms. The van der Waals surface area contributed by atoms with Gasteiger partial charge in [0.25, 0.3) is 0 Å². The molecule has 27 heavy (non-hydrogen) atoms. The molecule has 7 heteroatoms. The first kappa shape index (κ1) is 17.6. The lowest BCUT2D eigenvalue weighted by Crippen LogP contribution is -2.21. The van der Waals surface area contributed by atoms with Crippen molar-refractivity contribution in [2.24, 2.45) is 5.41 Å². The van der Waals surface area contributed by atoms with E-state index in [1.807, 2.05) is 0 Å². The van der Waals surface area contributed by atoms with E-state index >= 15 is 0 Å². The van der Waals surface area contributed by atoms with Gasteiger partial charge in [-0.1, -0.05) is 13.8 Å². The number of hydrogen-bond acceptors (Lipinski definition) is 4. The highest BCUT2D eigenvalue weighted by Crippen LogP contribution is 2.38. The predicted molar refractivity (Wildman–Crippen MR) is 99.1 cm³/mol. The van der Waals surface area contributed by atoms with Crippen LogP contribution in [0.5, 0.6) is 0 Å². The van der Waals surface area contributed by atoms with Crippen LogP contribution in [0.1, 0.15) is 37.1 Å². The van der Waals surface area contributed by atoms with E-state index in [9.17, 15) is 8.78 Å². The zero-order valence-electron chi connectivity index (χ0n) is 15.3. The van der Waals surface area contributed by atoms with Crippen LogP contribution in [0.4, 0.5) is 14.6 Å². The summed E-state index contributed by atoms with van der Waals surface area (Å²) in [4.78, 5) is 7.69. The molecule has 0 saturated heterocycles. The van der Waals surface area contributed by atoms with E-state index in [0.717, 1.165) is 42.4 Å². The minimum absolute atomic E-state index is 0.242. The fraction of sp³-hybridized carbons (Fsp3) is 0.350. The zero-order valence-corrected chi connectivity index (χ0v) is 15.3. The van der Waals surface area contributed by atoms with Crippen molar-refractivity contribution in [3.8, 4) is 11.3 Å². The average Bonchev–Trinajstić information content (AvgIpc) is 3.01. The van der Waals surface area contributed by atoms with Gasteiger partial charge >= 0.3 is 0 Å². The number of rotatable bonds is 4. The number of pyridine rings is 2. The monoisotopic (exact) mass is 369 g/mol. The van der Waals surface area contributed by atoms with Gasteiger partial charge in [-0.3, -0.25) is 10.1 Å². The highest BCUT2D eigenvalue weighted by atomic mass is 19.1. The molecule has 0 radical (unpaired) electrons. The second-order valence-corrected chi connectivity index (χ2v) is 7.80. The Balaban J connectivity index is 1.59. The first-order chi connectivity index (χ1) is 12.9. The van der Waals surface area contributed by atoms with E-state index < -0.39 is 11.8 Å². The largest absolute Gasteiger partial charge is 0.366 e. The maximum absolute atomic E-state index is 14.1. The molecule has 3 aromatic rings. The van der Waals surface area contributed by atoms with Crippen molar-refractivity contribution in [3.05, 3.63) is 59.2 Å². The number of nitrogens with zero attached hydrogens (tertiary/aromatic N) is 3. The summed E-state index contributed by atoms with van der Waals surface area (Å²) in [6, 6.07) is 4.54. The highest BCUT2D eigenvalue weighted by Gasteiger charge is 2.29. The Morgan fingerprint density at radius 2 is 2.04 bits per heavy atom. The lowest BCUT2D eigenvalue weighted by Gasteiger charge is -2.29. The average molecular weight is 369 g/mol. The van der Waals surface area contributed by atoms with E-state index in [1.165, 1.54) is 12.1 Å². The minimum Gasteiger partial charge on any atom is -0.366 e. The molecule has 3 aromatic heterocycles. The van der Waals surface area contributed by atoms with Crippen LogP contribution in [-0.2, 0) is 19.4 Å². The molecular weight excluding hydrogens is 348 g/mol. The normalized spacial score (nSPS) is 15.4. The lowest BCUT2D eigenvalue weighted by atomic mass is 9.76. The number of halogens is 2. The molecule has 0 amide bonds. The highest BCUT2D eigenvalue weighted by molar-refractivity contribution is 5.67. The van der Waals surface area contributed by atoms with Crippen LogP contribution < -0.4 is 5.32 Å². The summed E-state index contributed by atoms with van der Waals surface area (Å²) in [7, 11) is 0. The molecule has 4 rings (SSSR count). The maximum Gasteiger partial charge on any atom is 0.215 e. The molecule has 2 N–H and O–H groups in total. The molecule has 0 unspecified atom stereocenters. The fourth-order valence-electron chi connectivity index (χ4n) is 3.56. The van der Waals surface area contributed by atoms with Crippen LogP contribution in [-0.4, -0.2) is 20.2 Å². The standard InChI is InChI=1S/C20H21F2N5/c1-20(2)4-3-15-16(8-20)26-27-19(15)13-6-17(22)25-18(7-13)24-10-12-5-14(21)11-23-9-12/h5-7,9,11H,3-4,8,10H2,1-2H3,(H,24,25)(H,26,27). The number of hydrogen-bond donors (Lipinski definition) is 2. The van der Waals surface area contributed by atoms with Crippen molar-refractivity contribution < 1.29 is 8.78 Å². The Bertz CT molecular complexity index is 980. The van der Waals surface area contributed by atoms with E-state index in [0.29, 0.717) is 23.5 Å². The van der Waals surface area contributed by atoms with Crippen molar-refractivity contribution in [1.29, 1.82) is 0 Å². The molecule has 0 saturated carbocycles. The Morgan fingerprint density at radius 1 is 1.19 bits per heavy atom. The van der Waals surface area contributed by atoms with Crippen molar-refractivity contribution in [3.63, 3.8) is 0 Å². The SMILES string of the molecule is CC1(C)CCc2c(-c3cc(F)nc(NCc4cncc(F)c4)c3)n[nH]c2C1. The van der Waals surface area contributed by atoms with E-state index in [-0.39, 0.29) is 5.41 Å². The second kappa shape index (κ2) is 6.72. The van der Waals surface area contributed by atoms with E-state index in [1.54, 1.807) is 12.3 Å². The minimum atomic E-state index is -0.583. The summed E-state index contributed by atoms with van der Waals surface area (Å²) >= 11 is 0. The number of aromatic amines is 1. The van der Waals surface area contributed by atoms with Crippen LogP contribution in [0.3, 0.4) is 0 Å². The summed E-state index contributed by atoms with van der Waals surface area (Å²) in [5.41, 5.74) is 4.63. The van der Waals surface area contributed by atoms with Crippen molar-refractivity contribution in [1.82, 2.24) is 20.2 Å². The zero-order chi connectivity index (χ0) is 19.0. The quantitative estimate of drug-likeness (QED) is 0.674. The Kier molecular flexibility index (Phi) is 4.37. The van der Waals surface area contributed by atoms with Crippen LogP contribution in [0, 0.1) is 17.2 Å². The number of aromatic nitrogens is 4. The molecule has 1 aliphatic carbocycles. The maximum atomic E-state index is 14.1. The van der Waals surface area contributed by atoms with Crippen molar-refractivity contribution in [2.75, 3.05) is 5.32 Å². The molecule has 0 aromatic carbocycles. The van der Waals surface area contributed by atoms with Crippen LogP contribution >= 0.6 is 0 Å². The number of nitrogens with one attached hydrogen (secondary N) is 2. The third kappa shape index (κ3) is 3.82. The number of H-pyrrole nitrogens is 1. The molecule has 140 valence electrons. The molecule has 0 fully saturated rings. The van der Waals surface area contributed by atoms with Gasteiger partial charge in [-0.2, -0.15) is 9.49 Å². The van der Waals surface area contributed by atoms with Crippen LogP contribution in [0.25, 0.3) is 11.3 Å².